The molecule has 1 aliphatic heterocycles. The van der Waals surface area contributed by atoms with E-state index in [0.29, 0.717) is 11.4 Å². The topological polar surface area (TPSA) is 75.3 Å². The summed E-state index contributed by atoms with van der Waals surface area (Å²) in [6.45, 7) is 0. The first kappa shape index (κ1) is 14.3. The first-order chi connectivity index (χ1) is 8.76. The van der Waals surface area contributed by atoms with Gasteiger partial charge in [-0.25, -0.2) is 12.8 Å². The molecule has 0 saturated heterocycles. The summed E-state index contributed by atoms with van der Waals surface area (Å²) in [7, 11) is -3.14. The van der Waals surface area contributed by atoms with Crippen LogP contribution in [0.1, 0.15) is 6.42 Å². The quantitative estimate of drug-likeness (QED) is 0.870. The van der Waals surface area contributed by atoms with Gasteiger partial charge >= 0.3 is 0 Å². The maximum absolute atomic E-state index is 13.4. The fourth-order valence-electron chi connectivity index (χ4n) is 1.78. The average molecular weight is 351 g/mol. The molecule has 5 nitrogen and oxygen atoms in total. The lowest BCUT2D eigenvalue weighted by Gasteiger charge is -2.26. The van der Waals surface area contributed by atoms with Gasteiger partial charge in [-0.05, 0) is 28.4 Å². The van der Waals surface area contributed by atoms with Crippen LogP contribution >= 0.6 is 15.9 Å². The van der Waals surface area contributed by atoms with Gasteiger partial charge < -0.3 is 10.6 Å². The molecule has 1 heterocycles. The number of hydrogen-bond acceptors (Lipinski definition) is 4. The molecule has 0 saturated carbocycles. The summed E-state index contributed by atoms with van der Waals surface area (Å²) in [4.78, 5) is 11.8. The molecule has 0 fully saturated rings. The maximum Gasteiger partial charge on any atom is 0.246 e. The summed E-state index contributed by atoms with van der Waals surface area (Å²) in [6.07, 6.45) is 1.25. The van der Waals surface area contributed by atoms with Gasteiger partial charge in [0.05, 0.1) is 21.6 Å². The lowest BCUT2D eigenvalue weighted by molar-refractivity contribution is -0.117. The standard InChI is InChI=1S/C11H12BrFN2O3S/c1-19(17,18)3-2-8-11(16)15-9-4-6(12)7(13)5-10(9)14-8/h4-5,8,14H,2-3H2,1H3,(H,15,16). The Kier molecular flexibility index (Phi) is 3.82. The third kappa shape index (κ3) is 3.44. The average Bonchev–Trinajstić information content (AvgIpc) is 2.28. The molecule has 1 aliphatic rings. The van der Waals surface area contributed by atoms with Gasteiger partial charge in [0.25, 0.3) is 0 Å². The predicted molar refractivity (Wildman–Crippen MR) is 74.5 cm³/mol. The Hall–Kier alpha value is -1.15. The second kappa shape index (κ2) is 5.09. The van der Waals surface area contributed by atoms with E-state index >= 15 is 0 Å². The third-order valence-corrected chi connectivity index (χ3v) is 4.33. The summed E-state index contributed by atoms with van der Waals surface area (Å²) < 4.78 is 35.9. The van der Waals surface area contributed by atoms with E-state index in [0.717, 1.165) is 6.26 Å². The third-order valence-electron chi connectivity index (χ3n) is 2.74. The Labute approximate surface area is 118 Å². The van der Waals surface area contributed by atoms with E-state index < -0.39 is 21.7 Å². The highest BCUT2D eigenvalue weighted by atomic mass is 79.9. The number of rotatable bonds is 3. The lowest BCUT2D eigenvalue weighted by Crippen LogP contribution is -2.40. The summed E-state index contributed by atoms with van der Waals surface area (Å²) in [5.74, 6) is -0.884. The molecule has 1 aromatic carbocycles. The molecular weight excluding hydrogens is 339 g/mol. The molecule has 2 N–H and O–H groups in total. The van der Waals surface area contributed by atoms with Crippen LogP contribution in [-0.2, 0) is 14.6 Å². The van der Waals surface area contributed by atoms with Gasteiger partial charge in [-0.3, -0.25) is 4.79 Å². The Bertz CT molecular complexity index is 633. The van der Waals surface area contributed by atoms with E-state index in [1.807, 2.05) is 0 Å². The van der Waals surface area contributed by atoms with Crippen molar-refractivity contribution in [2.75, 3.05) is 22.6 Å². The largest absolute Gasteiger partial charge is 0.372 e. The number of hydrogen-bond donors (Lipinski definition) is 2. The van der Waals surface area contributed by atoms with Crippen molar-refractivity contribution in [3.8, 4) is 0 Å². The molecule has 0 spiro atoms. The van der Waals surface area contributed by atoms with Crippen LogP contribution in [0.4, 0.5) is 15.8 Å². The van der Waals surface area contributed by atoms with Gasteiger partial charge in [-0.1, -0.05) is 0 Å². The summed E-state index contributed by atoms with van der Waals surface area (Å²) in [6, 6.07) is 2.04. The Balaban J connectivity index is 2.19. The Morgan fingerprint density at radius 1 is 1.37 bits per heavy atom. The Morgan fingerprint density at radius 3 is 2.68 bits per heavy atom. The van der Waals surface area contributed by atoms with Crippen molar-refractivity contribution in [2.24, 2.45) is 0 Å². The minimum atomic E-state index is -3.14. The van der Waals surface area contributed by atoms with Crippen molar-refractivity contribution in [1.82, 2.24) is 0 Å². The zero-order valence-corrected chi connectivity index (χ0v) is 12.4. The van der Waals surface area contributed by atoms with Crippen LogP contribution in [0, 0.1) is 5.82 Å². The van der Waals surface area contributed by atoms with Crippen LogP contribution in [0.5, 0.6) is 0 Å². The fourth-order valence-corrected chi connectivity index (χ4v) is 2.79. The van der Waals surface area contributed by atoms with E-state index in [9.17, 15) is 17.6 Å². The number of benzene rings is 1. The molecule has 2 rings (SSSR count). The molecule has 1 atom stereocenters. The molecule has 8 heteroatoms. The highest BCUT2D eigenvalue weighted by molar-refractivity contribution is 9.10. The molecule has 104 valence electrons. The number of anilines is 2. The minimum Gasteiger partial charge on any atom is -0.372 e. The zero-order chi connectivity index (χ0) is 14.2. The summed E-state index contributed by atoms with van der Waals surface area (Å²) >= 11 is 3.03. The number of fused-ring (bicyclic) bond motifs is 1. The van der Waals surface area contributed by atoms with Gasteiger partial charge in [-0.2, -0.15) is 0 Å². The second-order valence-corrected chi connectivity index (χ2v) is 7.53. The van der Waals surface area contributed by atoms with Crippen molar-refractivity contribution >= 4 is 43.0 Å². The molecule has 0 aromatic heterocycles. The van der Waals surface area contributed by atoms with Crippen molar-refractivity contribution < 1.29 is 17.6 Å². The van der Waals surface area contributed by atoms with E-state index in [2.05, 4.69) is 26.6 Å². The van der Waals surface area contributed by atoms with E-state index in [1.54, 1.807) is 0 Å². The number of carbonyl (C=O) groups excluding carboxylic acids is 1. The number of amides is 1. The van der Waals surface area contributed by atoms with Crippen LogP contribution in [-0.4, -0.2) is 32.4 Å². The van der Waals surface area contributed by atoms with Crippen LogP contribution in [0.3, 0.4) is 0 Å². The van der Waals surface area contributed by atoms with Crippen LogP contribution in [0.15, 0.2) is 16.6 Å². The molecule has 1 aromatic rings. The smallest absolute Gasteiger partial charge is 0.246 e. The second-order valence-electron chi connectivity index (χ2n) is 4.42. The van der Waals surface area contributed by atoms with Gasteiger partial charge in [-0.15, -0.1) is 0 Å². The molecule has 1 amide bonds. The van der Waals surface area contributed by atoms with E-state index in [4.69, 9.17) is 0 Å². The molecule has 0 aliphatic carbocycles. The van der Waals surface area contributed by atoms with Crippen molar-refractivity contribution in [3.63, 3.8) is 0 Å². The molecule has 0 bridgehead atoms. The Morgan fingerprint density at radius 2 is 2.05 bits per heavy atom. The molecule has 19 heavy (non-hydrogen) atoms. The van der Waals surface area contributed by atoms with E-state index in [1.165, 1.54) is 12.1 Å². The predicted octanol–water partition coefficient (Wildman–Crippen LogP) is 1.76. The van der Waals surface area contributed by atoms with Crippen molar-refractivity contribution in [1.29, 1.82) is 0 Å². The van der Waals surface area contributed by atoms with Crippen LogP contribution < -0.4 is 10.6 Å². The monoisotopic (exact) mass is 350 g/mol. The van der Waals surface area contributed by atoms with E-state index in [-0.39, 0.29) is 22.6 Å². The highest BCUT2D eigenvalue weighted by Crippen LogP contribution is 2.32. The van der Waals surface area contributed by atoms with Crippen LogP contribution in [0.25, 0.3) is 0 Å². The summed E-state index contributed by atoms with van der Waals surface area (Å²) in [5.41, 5.74) is 0.910. The first-order valence-corrected chi connectivity index (χ1v) is 8.36. The number of halogens is 2. The lowest BCUT2D eigenvalue weighted by atomic mass is 10.1. The molecular formula is C11H12BrFN2O3S. The number of sulfone groups is 1. The van der Waals surface area contributed by atoms with Crippen molar-refractivity contribution in [2.45, 2.75) is 12.5 Å². The van der Waals surface area contributed by atoms with Gasteiger partial charge in [0, 0.05) is 12.3 Å². The highest BCUT2D eigenvalue weighted by Gasteiger charge is 2.27. The normalized spacial score (nSPS) is 18.5. The maximum atomic E-state index is 13.4. The van der Waals surface area contributed by atoms with Crippen molar-refractivity contribution in [3.05, 3.63) is 22.4 Å². The SMILES string of the molecule is CS(=O)(=O)CCC1Nc2cc(F)c(Br)cc2NC1=O. The summed E-state index contributed by atoms with van der Waals surface area (Å²) in [5, 5.41) is 5.47. The minimum absolute atomic E-state index is 0.105. The van der Waals surface area contributed by atoms with Gasteiger partial charge in [0.2, 0.25) is 5.91 Å². The zero-order valence-electron chi connectivity index (χ0n) is 10.0. The fraction of sp³-hybridized carbons (Fsp3) is 0.364. The molecule has 1 unspecified atom stereocenters. The van der Waals surface area contributed by atoms with Gasteiger partial charge in [0.1, 0.15) is 21.7 Å². The number of carbonyl (C=O) groups is 1. The molecule has 0 radical (unpaired) electrons. The van der Waals surface area contributed by atoms with Gasteiger partial charge in [0.15, 0.2) is 0 Å². The first-order valence-electron chi connectivity index (χ1n) is 5.50. The number of nitrogens with one attached hydrogen (secondary N) is 2. The van der Waals surface area contributed by atoms with Crippen LogP contribution in [0.2, 0.25) is 0 Å².